The Bertz CT molecular complexity index is 982. The molecule has 134 valence electrons. The number of H-pyrrole nitrogens is 1. The van der Waals surface area contributed by atoms with E-state index in [4.69, 9.17) is 0 Å². The van der Waals surface area contributed by atoms with Crippen molar-refractivity contribution in [3.63, 3.8) is 0 Å². The van der Waals surface area contributed by atoms with Crippen molar-refractivity contribution in [2.45, 2.75) is 5.54 Å². The number of fused-ring (bicyclic) bond motifs is 3. The van der Waals surface area contributed by atoms with Crippen LogP contribution >= 0.6 is 0 Å². The van der Waals surface area contributed by atoms with E-state index in [1.54, 1.807) is 37.3 Å². The summed E-state index contributed by atoms with van der Waals surface area (Å²) in [5, 5.41) is 10.7. The fourth-order valence-electron chi connectivity index (χ4n) is 3.28. The molecule has 1 aromatic heterocycles. The monoisotopic (exact) mass is 355 g/mol. The van der Waals surface area contributed by atoms with Crippen LogP contribution in [0, 0.1) is 0 Å². The maximum absolute atomic E-state index is 13.2. The van der Waals surface area contributed by atoms with Crippen molar-refractivity contribution in [3.05, 3.63) is 23.9 Å². The normalized spacial score (nSPS) is 18.9. The van der Waals surface area contributed by atoms with E-state index >= 15 is 0 Å². The van der Waals surface area contributed by atoms with Crippen LogP contribution in [0.5, 0.6) is 0 Å². The summed E-state index contributed by atoms with van der Waals surface area (Å²) in [4.78, 5) is 46.5. The average molecular weight is 355 g/mol. The fourth-order valence-corrected chi connectivity index (χ4v) is 3.28. The van der Waals surface area contributed by atoms with Crippen molar-refractivity contribution >= 4 is 40.4 Å². The predicted octanol–water partition coefficient (Wildman–Crippen LogP) is 0.152. The quantitative estimate of drug-likeness (QED) is 0.651. The van der Waals surface area contributed by atoms with Crippen molar-refractivity contribution in [2.75, 3.05) is 33.5 Å². The summed E-state index contributed by atoms with van der Waals surface area (Å²) in [6, 6.07) is 2.79. The van der Waals surface area contributed by atoms with E-state index in [-0.39, 0.29) is 0 Å². The zero-order valence-electron chi connectivity index (χ0n) is 14.7. The highest BCUT2D eigenvalue weighted by Gasteiger charge is 2.59. The minimum absolute atomic E-state index is 0.342. The fraction of sp³-hybridized carbons (Fsp3) is 0.312. The average Bonchev–Trinajstić information content (AvgIpc) is 3.08. The van der Waals surface area contributed by atoms with Gasteiger partial charge in [0.25, 0.3) is 11.8 Å². The number of rotatable bonds is 0. The van der Waals surface area contributed by atoms with Crippen molar-refractivity contribution in [3.8, 4) is 0 Å². The van der Waals surface area contributed by atoms with Crippen molar-refractivity contribution in [1.82, 2.24) is 24.9 Å². The number of nitrogens with one attached hydrogen (secondary N) is 2. The van der Waals surface area contributed by atoms with Gasteiger partial charge in [-0.3, -0.25) is 24.5 Å². The highest BCUT2D eigenvalue weighted by Crippen LogP contribution is 2.42. The van der Waals surface area contributed by atoms with Crippen LogP contribution in [0.4, 0.5) is 10.5 Å². The van der Waals surface area contributed by atoms with Gasteiger partial charge in [0.1, 0.15) is 0 Å². The van der Waals surface area contributed by atoms with Gasteiger partial charge in [0.05, 0.1) is 11.7 Å². The Labute approximate surface area is 148 Å². The van der Waals surface area contributed by atoms with Gasteiger partial charge in [-0.25, -0.2) is 9.79 Å². The second-order valence-electron chi connectivity index (χ2n) is 6.53. The molecule has 10 nitrogen and oxygen atoms in total. The number of hydrogen-bond acceptors (Lipinski definition) is 7. The summed E-state index contributed by atoms with van der Waals surface area (Å²) in [7, 11) is 6.18. The molecule has 26 heavy (non-hydrogen) atoms. The number of nitrogens with zero attached hydrogens (tertiary/aromatic N) is 5. The molecule has 0 saturated carbocycles. The maximum Gasteiger partial charge on any atom is 0.333 e. The summed E-state index contributed by atoms with van der Waals surface area (Å²) >= 11 is 0. The number of hydrogen-bond donors (Lipinski definition) is 2. The van der Waals surface area contributed by atoms with Crippen LogP contribution in [0.25, 0.3) is 10.9 Å². The Morgan fingerprint density at radius 2 is 1.73 bits per heavy atom. The number of aromatic nitrogens is 2. The molecule has 1 saturated heterocycles. The van der Waals surface area contributed by atoms with E-state index in [1.807, 2.05) is 0 Å². The number of imide groups is 2. The number of guanidine groups is 1. The lowest BCUT2D eigenvalue weighted by Crippen LogP contribution is -2.66. The summed E-state index contributed by atoms with van der Waals surface area (Å²) in [5.74, 6) is -1.03. The SMILES string of the molecule is CN(C)C1=NC2(C(=O)N(C)C(=O)N(C)C2=O)c2cc3cn[nH]c3cc2N1. The molecule has 0 radical (unpaired) electrons. The lowest BCUT2D eigenvalue weighted by atomic mass is 9.83. The van der Waals surface area contributed by atoms with E-state index in [9.17, 15) is 14.4 Å². The third kappa shape index (κ3) is 1.83. The van der Waals surface area contributed by atoms with Crippen LogP contribution in [0.3, 0.4) is 0 Å². The zero-order chi connectivity index (χ0) is 18.8. The molecule has 1 aromatic carbocycles. The van der Waals surface area contributed by atoms with Crippen LogP contribution in [0.2, 0.25) is 0 Å². The van der Waals surface area contributed by atoms with E-state index in [1.165, 1.54) is 14.1 Å². The van der Waals surface area contributed by atoms with Crippen LogP contribution < -0.4 is 5.32 Å². The summed E-state index contributed by atoms with van der Waals surface area (Å²) in [6.45, 7) is 0. The lowest BCUT2D eigenvalue weighted by molar-refractivity contribution is -0.150. The van der Waals surface area contributed by atoms with E-state index in [2.05, 4.69) is 20.5 Å². The molecule has 2 aliphatic rings. The van der Waals surface area contributed by atoms with Crippen LogP contribution in [-0.4, -0.2) is 76.9 Å². The first-order valence-corrected chi connectivity index (χ1v) is 7.89. The molecule has 1 fully saturated rings. The molecule has 4 rings (SSSR count). The zero-order valence-corrected chi connectivity index (χ0v) is 14.7. The Kier molecular flexibility index (Phi) is 3.11. The number of barbiturate groups is 1. The van der Waals surface area contributed by atoms with Gasteiger partial charge in [0.15, 0.2) is 5.96 Å². The molecule has 1 spiro atoms. The highest BCUT2D eigenvalue weighted by molar-refractivity contribution is 6.25. The molecule has 0 atom stereocenters. The summed E-state index contributed by atoms with van der Waals surface area (Å²) < 4.78 is 0. The molecular formula is C16H17N7O3. The highest BCUT2D eigenvalue weighted by atomic mass is 16.2. The first-order valence-electron chi connectivity index (χ1n) is 7.89. The van der Waals surface area contributed by atoms with Gasteiger partial charge in [-0.15, -0.1) is 0 Å². The number of carbonyl (C=O) groups excluding carboxylic acids is 3. The van der Waals surface area contributed by atoms with Gasteiger partial charge in [0, 0.05) is 44.8 Å². The number of anilines is 1. The van der Waals surface area contributed by atoms with E-state index < -0.39 is 23.4 Å². The van der Waals surface area contributed by atoms with Crippen molar-refractivity contribution < 1.29 is 14.4 Å². The third-order valence-electron chi connectivity index (χ3n) is 4.71. The Hall–Kier alpha value is -3.43. The minimum atomic E-state index is -1.86. The van der Waals surface area contributed by atoms with Crippen LogP contribution in [0.15, 0.2) is 23.3 Å². The molecular weight excluding hydrogens is 338 g/mol. The molecule has 0 bridgehead atoms. The number of urea groups is 1. The van der Waals surface area contributed by atoms with Crippen molar-refractivity contribution in [2.24, 2.45) is 4.99 Å². The van der Waals surface area contributed by atoms with E-state index in [0.717, 1.165) is 20.7 Å². The molecule has 2 aliphatic heterocycles. The van der Waals surface area contributed by atoms with Gasteiger partial charge in [-0.1, -0.05) is 0 Å². The van der Waals surface area contributed by atoms with Gasteiger partial charge in [-0.2, -0.15) is 5.10 Å². The van der Waals surface area contributed by atoms with E-state index in [0.29, 0.717) is 17.2 Å². The number of carbonyl (C=O) groups is 3. The van der Waals surface area contributed by atoms with Gasteiger partial charge in [0.2, 0.25) is 5.54 Å². The van der Waals surface area contributed by atoms with Gasteiger partial charge < -0.3 is 10.2 Å². The smallest absolute Gasteiger partial charge is 0.333 e. The standard InChI is InChI=1S/C16H17N7O3/c1-21(2)14-18-11-6-10-8(7-17-20-10)5-9(11)16(19-14)12(24)22(3)15(26)23(4)13(16)25/h5-7H,1-4H3,(H,17,20)(H,18,19). The molecule has 3 heterocycles. The number of benzene rings is 1. The molecule has 4 amide bonds. The van der Waals surface area contributed by atoms with Crippen LogP contribution in [0.1, 0.15) is 5.56 Å². The minimum Gasteiger partial charge on any atom is -0.349 e. The first-order chi connectivity index (χ1) is 12.3. The lowest BCUT2D eigenvalue weighted by Gasteiger charge is -2.42. The van der Waals surface area contributed by atoms with Crippen LogP contribution in [-0.2, 0) is 15.1 Å². The van der Waals surface area contributed by atoms with Gasteiger partial charge >= 0.3 is 6.03 Å². The maximum atomic E-state index is 13.2. The Balaban J connectivity index is 2.06. The number of aromatic amines is 1. The van der Waals surface area contributed by atoms with Gasteiger partial charge in [-0.05, 0) is 12.1 Å². The molecule has 2 N–H and O–H groups in total. The van der Waals surface area contributed by atoms with Crippen molar-refractivity contribution in [1.29, 1.82) is 0 Å². The molecule has 0 aliphatic carbocycles. The number of aliphatic imine (C=N–C) groups is 1. The Morgan fingerprint density at radius 3 is 2.35 bits per heavy atom. The summed E-state index contributed by atoms with van der Waals surface area (Å²) in [6.07, 6.45) is 1.60. The third-order valence-corrected chi connectivity index (χ3v) is 4.71. The molecule has 0 unspecified atom stereocenters. The predicted molar refractivity (Wildman–Crippen MR) is 93.5 cm³/mol. The largest absolute Gasteiger partial charge is 0.349 e. The topological polar surface area (TPSA) is 114 Å². The second kappa shape index (κ2) is 5.04. The Morgan fingerprint density at radius 1 is 1.08 bits per heavy atom. The number of likely N-dealkylation sites (N-methyl/N-ethyl adjacent to an activating group) is 2. The number of amides is 4. The molecule has 2 aromatic rings. The summed E-state index contributed by atoms with van der Waals surface area (Å²) in [5.41, 5.74) is -0.167. The molecule has 10 heteroatoms. The first kappa shape index (κ1) is 16.1. The second-order valence-corrected chi connectivity index (χ2v) is 6.53.